The highest BCUT2D eigenvalue weighted by Gasteiger charge is 2.05. The summed E-state index contributed by atoms with van der Waals surface area (Å²) in [5, 5.41) is 8.35. The molecular formula is C10H16O5. The Morgan fingerprint density at radius 1 is 1.00 bits per heavy atom. The van der Waals surface area contributed by atoms with E-state index in [1.807, 2.05) is 0 Å². The zero-order valence-electron chi connectivity index (χ0n) is 8.82. The summed E-state index contributed by atoms with van der Waals surface area (Å²) in [6.07, 6.45) is 3.19. The van der Waals surface area contributed by atoms with Crippen molar-refractivity contribution in [3.05, 3.63) is 0 Å². The number of rotatable bonds is 7. The Balaban J connectivity index is 3.27. The molecule has 0 aliphatic rings. The van der Waals surface area contributed by atoms with E-state index in [1.165, 1.54) is 6.92 Å². The summed E-state index contributed by atoms with van der Waals surface area (Å²) in [4.78, 5) is 31.4. The van der Waals surface area contributed by atoms with Crippen LogP contribution in [0.1, 0.15) is 45.4 Å². The van der Waals surface area contributed by atoms with Gasteiger partial charge in [-0.25, -0.2) is 0 Å². The summed E-state index contributed by atoms with van der Waals surface area (Å²) in [6, 6.07) is 0. The molecule has 0 aromatic carbocycles. The standard InChI is InChI=1S/C10H16O5/c1-8(11)15-10(14)7-5-3-2-4-6-9(12)13/h2-7H2,1H3,(H,12,13). The maximum absolute atomic E-state index is 10.9. The van der Waals surface area contributed by atoms with Crippen molar-refractivity contribution in [2.45, 2.75) is 45.4 Å². The molecule has 0 saturated carbocycles. The van der Waals surface area contributed by atoms with Crippen LogP contribution in [0.3, 0.4) is 0 Å². The van der Waals surface area contributed by atoms with E-state index in [-0.39, 0.29) is 12.8 Å². The number of hydrogen-bond donors (Lipinski definition) is 1. The third-order valence-corrected chi connectivity index (χ3v) is 1.78. The van der Waals surface area contributed by atoms with Crippen molar-refractivity contribution in [1.29, 1.82) is 0 Å². The van der Waals surface area contributed by atoms with Crippen LogP contribution in [0, 0.1) is 0 Å². The minimum absolute atomic E-state index is 0.165. The molecule has 0 fully saturated rings. The van der Waals surface area contributed by atoms with Gasteiger partial charge < -0.3 is 9.84 Å². The monoisotopic (exact) mass is 216 g/mol. The maximum Gasteiger partial charge on any atom is 0.313 e. The molecule has 0 bridgehead atoms. The second-order valence-electron chi connectivity index (χ2n) is 3.27. The lowest BCUT2D eigenvalue weighted by Gasteiger charge is -2.00. The Bertz CT molecular complexity index is 234. The van der Waals surface area contributed by atoms with Crippen molar-refractivity contribution >= 4 is 17.9 Å². The molecule has 86 valence electrons. The van der Waals surface area contributed by atoms with Crippen molar-refractivity contribution in [2.75, 3.05) is 0 Å². The van der Waals surface area contributed by atoms with Gasteiger partial charge in [0.15, 0.2) is 0 Å². The molecule has 0 atom stereocenters. The first-order valence-corrected chi connectivity index (χ1v) is 4.95. The van der Waals surface area contributed by atoms with E-state index in [1.54, 1.807) is 0 Å². The average molecular weight is 216 g/mol. The van der Waals surface area contributed by atoms with E-state index in [9.17, 15) is 14.4 Å². The molecule has 0 amide bonds. The van der Waals surface area contributed by atoms with Crippen LogP contribution in [0.25, 0.3) is 0 Å². The van der Waals surface area contributed by atoms with E-state index < -0.39 is 17.9 Å². The predicted molar refractivity (Wildman–Crippen MR) is 52.1 cm³/mol. The van der Waals surface area contributed by atoms with Gasteiger partial charge in [0.1, 0.15) is 0 Å². The number of carbonyl (C=O) groups is 3. The number of esters is 2. The molecule has 0 radical (unpaired) electrons. The van der Waals surface area contributed by atoms with Crippen molar-refractivity contribution < 1.29 is 24.2 Å². The van der Waals surface area contributed by atoms with Gasteiger partial charge in [-0.1, -0.05) is 12.8 Å². The summed E-state index contributed by atoms with van der Waals surface area (Å²) in [5.41, 5.74) is 0. The van der Waals surface area contributed by atoms with Gasteiger partial charge in [-0.3, -0.25) is 14.4 Å². The third-order valence-electron chi connectivity index (χ3n) is 1.78. The summed E-state index contributed by atoms with van der Waals surface area (Å²) in [7, 11) is 0. The molecule has 15 heavy (non-hydrogen) atoms. The van der Waals surface area contributed by atoms with Crippen LogP contribution in [0.4, 0.5) is 0 Å². The molecule has 0 aromatic rings. The normalized spacial score (nSPS) is 9.67. The fraction of sp³-hybridized carbons (Fsp3) is 0.700. The summed E-state index contributed by atoms with van der Waals surface area (Å²) < 4.78 is 4.32. The summed E-state index contributed by atoms with van der Waals surface area (Å²) >= 11 is 0. The summed E-state index contributed by atoms with van der Waals surface area (Å²) in [6.45, 7) is 1.19. The second-order valence-corrected chi connectivity index (χ2v) is 3.27. The van der Waals surface area contributed by atoms with Crippen LogP contribution in [0.2, 0.25) is 0 Å². The lowest BCUT2D eigenvalue weighted by atomic mass is 10.1. The fourth-order valence-electron chi connectivity index (χ4n) is 1.11. The number of ether oxygens (including phenoxy) is 1. The highest BCUT2D eigenvalue weighted by atomic mass is 16.6. The molecular weight excluding hydrogens is 200 g/mol. The molecule has 5 nitrogen and oxygen atoms in total. The first kappa shape index (κ1) is 13.6. The Labute approximate surface area is 88.4 Å². The molecule has 1 N–H and O–H groups in total. The summed E-state index contributed by atoms with van der Waals surface area (Å²) in [5.74, 6) is -1.90. The maximum atomic E-state index is 10.9. The van der Waals surface area contributed by atoms with Crippen molar-refractivity contribution in [3.8, 4) is 0 Å². The van der Waals surface area contributed by atoms with Gasteiger partial charge in [0.05, 0.1) is 0 Å². The highest BCUT2D eigenvalue weighted by molar-refractivity contribution is 5.83. The van der Waals surface area contributed by atoms with Crippen molar-refractivity contribution in [2.24, 2.45) is 0 Å². The first-order chi connectivity index (χ1) is 7.02. The lowest BCUT2D eigenvalue weighted by Crippen LogP contribution is -2.08. The molecule has 0 spiro atoms. The van der Waals surface area contributed by atoms with Crippen molar-refractivity contribution in [3.63, 3.8) is 0 Å². The number of hydrogen-bond acceptors (Lipinski definition) is 4. The Morgan fingerprint density at radius 2 is 1.53 bits per heavy atom. The molecule has 0 heterocycles. The van der Waals surface area contributed by atoms with Crippen LogP contribution in [0.15, 0.2) is 0 Å². The number of aliphatic carboxylic acids is 1. The number of carbonyl (C=O) groups excluding carboxylic acids is 2. The smallest absolute Gasteiger partial charge is 0.313 e. The molecule has 0 saturated heterocycles. The largest absolute Gasteiger partial charge is 0.481 e. The quantitative estimate of drug-likeness (QED) is 0.396. The van der Waals surface area contributed by atoms with Crippen LogP contribution in [-0.4, -0.2) is 23.0 Å². The zero-order chi connectivity index (χ0) is 11.7. The van der Waals surface area contributed by atoms with E-state index >= 15 is 0 Å². The van der Waals surface area contributed by atoms with Crippen LogP contribution in [-0.2, 0) is 19.1 Å². The Hall–Kier alpha value is -1.39. The van der Waals surface area contributed by atoms with Crippen molar-refractivity contribution in [1.82, 2.24) is 0 Å². The fourth-order valence-corrected chi connectivity index (χ4v) is 1.11. The van der Waals surface area contributed by atoms with E-state index in [4.69, 9.17) is 5.11 Å². The third kappa shape index (κ3) is 10.5. The topological polar surface area (TPSA) is 80.7 Å². The van der Waals surface area contributed by atoms with Crippen LogP contribution in [0.5, 0.6) is 0 Å². The van der Waals surface area contributed by atoms with Gasteiger partial charge in [0.2, 0.25) is 0 Å². The minimum Gasteiger partial charge on any atom is -0.481 e. The van der Waals surface area contributed by atoms with Gasteiger partial charge in [-0.2, -0.15) is 0 Å². The number of unbranched alkanes of at least 4 members (excludes halogenated alkanes) is 3. The van der Waals surface area contributed by atoms with E-state index in [0.29, 0.717) is 12.8 Å². The number of carboxylic acid groups (broad SMARTS) is 1. The lowest BCUT2D eigenvalue weighted by molar-refractivity contribution is -0.158. The zero-order valence-corrected chi connectivity index (χ0v) is 8.82. The van der Waals surface area contributed by atoms with Gasteiger partial charge in [0, 0.05) is 19.8 Å². The second kappa shape index (κ2) is 7.96. The van der Waals surface area contributed by atoms with Gasteiger partial charge >= 0.3 is 17.9 Å². The SMILES string of the molecule is CC(=O)OC(=O)CCCCCCC(=O)O. The molecule has 5 heteroatoms. The molecule has 0 unspecified atom stereocenters. The van der Waals surface area contributed by atoms with Gasteiger partial charge in [0.25, 0.3) is 0 Å². The Morgan fingerprint density at radius 3 is 2.00 bits per heavy atom. The molecule has 0 aliphatic heterocycles. The highest BCUT2D eigenvalue weighted by Crippen LogP contribution is 2.06. The van der Waals surface area contributed by atoms with Gasteiger partial charge in [-0.05, 0) is 12.8 Å². The van der Waals surface area contributed by atoms with E-state index in [2.05, 4.69) is 4.74 Å². The Kier molecular flexibility index (Phi) is 7.23. The number of carboxylic acids is 1. The molecule has 0 rings (SSSR count). The van der Waals surface area contributed by atoms with Gasteiger partial charge in [-0.15, -0.1) is 0 Å². The first-order valence-electron chi connectivity index (χ1n) is 4.95. The minimum atomic E-state index is -0.800. The molecule has 0 aliphatic carbocycles. The predicted octanol–water partition coefficient (Wildman–Crippen LogP) is 1.50. The molecule has 0 aromatic heterocycles. The average Bonchev–Trinajstić information content (AvgIpc) is 2.09. The van der Waals surface area contributed by atoms with E-state index in [0.717, 1.165) is 12.8 Å². The van der Waals surface area contributed by atoms with Crippen LogP contribution < -0.4 is 0 Å². The van der Waals surface area contributed by atoms with Crippen LogP contribution >= 0.6 is 0 Å².